The van der Waals surface area contributed by atoms with E-state index in [1.807, 2.05) is 13.0 Å². The molecule has 0 bridgehead atoms. The Morgan fingerprint density at radius 2 is 2.35 bits per heavy atom. The van der Waals surface area contributed by atoms with E-state index >= 15 is 0 Å². The predicted molar refractivity (Wildman–Crippen MR) is 70.4 cm³/mol. The van der Waals surface area contributed by atoms with Gasteiger partial charge in [-0.25, -0.2) is 0 Å². The maximum Gasteiger partial charge on any atom is 0.271 e. The summed E-state index contributed by atoms with van der Waals surface area (Å²) in [6.07, 6.45) is 4.20. The average molecular weight is 272 g/mol. The third-order valence-electron chi connectivity index (χ3n) is 2.58. The summed E-state index contributed by atoms with van der Waals surface area (Å²) in [5.74, 6) is 0.762. The minimum Gasteiger partial charge on any atom is -0.453 e. The van der Waals surface area contributed by atoms with Gasteiger partial charge in [0.15, 0.2) is 5.75 Å². The summed E-state index contributed by atoms with van der Waals surface area (Å²) < 4.78 is 7.26. The fourth-order valence-electron chi connectivity index (χ4n) is 1.68. The summed E-state index contributed by atoms with van der Waals surface area (Å²) in [5, 5.41) is 23.8. The second-order valence-corrected chi connectivity index (χ2v) is 4.09. The topological polar surface area (TPSA) is 94.0 Å². The summed E-state index contributed by atoms with van der Waals surface area (Å²) >= 11 is 0. The number of hydrogen-bond donors (Lipinski definition) is 0. The minimum atomic E-state index is -0.552. The Balaban J connectivity index is 2.24. The molecule has 2 aromatic rings. The normalized spacial score (nSPS) is 10.0. The van der Waals surface area contributed by atoms with Crippen molar-refractivity contribution in [3.8, 4) is 17.6 Å². The van der Waals surface area contributed by atoms with Gasteiger partial charge in [-0.1, -0.05) is 6.92 Å². The van der Waals surface area contributed by atoms with Crippen molar-refractivity contribution in [3.63, 3.8) is 0 Å². The van der Waals surface area contributed by atoms with Gasteiger partial charge in [0, 0.05) is 18.7 Å². The first-order chi connectivity index (χ1) is 9.63. The number of nitro groups is 1. The summed E-state index contributed by atoms with van der Waals surface area (Å²) in [6.45, 7) is 2.81. The van der Waals surface area contributed by atoms with E-state index in [2.05, 4.69) is 5.10 Å². The highest BCUT2D eigenvalue weighted by molar-refractivity contribution is 5.51. The van der Waals surface area contributed by atoms with E-state index in [-0.39, 0.29) is 17.0 Å². The van der Waals surface area contributed by atoms with Crippen LogP contribution in [0.3, 0.4) is 0 Å². The maximum atomic E-state index is 10.7. The standard InChI is InChI=1S/C13H12N4O3/c1-2-5-16-9-12(8-15-16)20-13-4-3-11(17(18)19)6-10(13)7-14/h3-4,6,8-9H,2,5H2,1H3. The van der Waals surface area contributed by atoms with Gasteiger partial charge >= 0.3 is 0 Å². The smallest absolute Gasteiger partial charge is 0.271 e. The van der Waals surface area contributed by atoms with E-state index in [1.54, 1.807) is 10.9 Å². The Kier molecular flexibility index (Phi) is 3.96. The van der Waals surface area contributed by atoms with Gasteiger partial charge in [0.25, 0.3) is 5.69 Å². The molecular formula is C13H12N4O3. The molecule has 0 saturated heterocycles. The van der Waals surface area contributed by atoms with Crippen molar-refractivity contribution in [3.05, 3.63) is 46.3 Å². The molecule has 20 heavy (non-hydrogen) atoms. The van der Waals surface area contributed by atoms with Crippen LogP contribution in [-0.4, -0.2) is 14.7 Å². The molecule has 7 nitrogen and oxygen atoms in total. The van der Waals surface area contributed by atoms with Gasteiger partial charge in [0.1, 0.15) is 17.4 Å². The van der Waals surface area contributed by atoms with Crippen molar-refractivity contribution >= 4 is 5.69 Å². The largest absolute Gasteiger partial charge is 0.453 e. The fourth-order valence-corrected chi connectivity index (χ4v) is 1.68. The number of aryl methyl sites for hydroxylation is 1. The number of non-ortho nitro benzene ring substituents is 1. The van der Waals surface area contributed by atoms with Crippen LogP contribution in [-0.2, 0) is 6.54 Å². The molecule has 0 spiro atoms. The number of nitro benzene ring substituents is 1. The summed E-state index contributed by atoms with van der Waals surface area (Å²) in [6, 6.07) is 5.78. The van der Waals surface area contributed by atoms with Gasteiger partial charge in [-0.15, -0.1) is 0 Å². The quantitative estimate of drug-likeness (QED) is 0.616. The third kappa shape index (κ3) is 2.92. The van der Waals surface area contributed by atoms with Crippen LogP contribution in [0.5, 0.6) is 11.5 Å². The highest BCUT2D eigenvalue weighted by atomic mass is 16.6. The zero-order valence-corrected chi connectivity index (χ0v) is 10.8. The molecule has 0 atom stereocenters. The number of ether oxygens (including phenoxy) is 1. The summed E-state index contributed by atoms with van der Waals surface area (Å²) in [7, 11) is 0. The average Bonchev–Trinajstić information content (AvgIpc) is 2.87. The highest BCUT2D eigenvalue weighted by Gasteiger charge is 2.12. The number of aromatic nitrogens is 2. The van der Waals surface area contributed by atoms with Crippen LogP contribution in [0.25, 0.3) is 0 Å². The SMILES string of the molecule is CCCn1cc(Oc2ccc([N+](=O)[O-])cc2C#N)cn1. The van der Waals surface area contributed by atoms with Crippen molar-refractivity contribution in [2.45, 2.75) is 19.9 Å². The maximum absolute atomic E-state index is 10.7. The van der Waals surface area contributed by atoms with Crippen LogP contribution in [0.1, 0.15) is 18.9 Å². The molecule has 7 heteroatoms. The lowest BCUT2D eigenvalue weighted by Crippen LogP contribution is -1.95. The van der Waals surface area contributed by atoms with E-state index in [0.717, 1.165) is 13.0 Å². The van der Waals surface area contributed by atoms with Gasteiger partial charge in [0.2, 0.25) is 0 Å². The van der Waals surface area contributed by atoms with Gasteiger partial charge in [0.05, 0.1) is 17.3 Å². The summed E-state index contributed by atoms with van der Waals surface area (Å²) in [4.78, 5) is 10.1. The number of rotatable bonds is 5. The molecule has 2 rings (SSSR count). The second kappa shape index (κ2) is 5.84. The van der Waals surface area contributed by atoms with E-state index in [0.29, 0.717) is 5.75 Å². The third-order valence-corrected chi connectivity index (χ3v) is 2.58. The Morgan fingerprint density at radius 1 is 1.55 bits per heavy atom. The lowest BCUT2D eigenvalue weighted by atomic mass is 10.2. The fraction of sp³-hybridized carbons (Fsp3) is 0.231. The predicted octanol–water partition coefficient (Wildman–Crippen LogP) is 2.87. The Hall–Kier alpha value is -2.88. The van der Waals surface area contributed by atoms with Crippen LogP contribution in [0.2, 0.25) is 0 Å². The van der Waals surface area contributed by atoms with Gasteiger partial charge < -0.3 is 4.74 Å². The van der Waals surface area contributed by atoms with Gasteiger partial charge in [-0.3, -0.25) is 14.8 Å². The minimum absolute atomic E-state index is 0.113. The molecular weight excluding hydrogens is 260 g/mol. The van der Waals surface area contributed by atoms with Gasteiger partial charge in [-0.05, 0) is 12.5 Å². The highest BCUT2D eigenvalue weighted by Crippen LogP contribution is 2.27. The molecule has 0 fully saturated rings. The van der Waals surface area contributed by atoms with Crippen molar-refractivity contribution in [2.75, 3.05) is 0 Å². The number of nitrogens with zero attached hydrogens (tertiary/aromatic N) is 4. The van der Waals surface area contributed by atoms with Crippen LogP contribution in [0.15, 0.2) is 30.6 Å². The molecule has 1 heterocycles. The van der Waals surface area contributed by atoms with E-state index in [9.17, 15) is 10.1 Å². The first-order valence-electron chi connectivity index (χ1n) is 6.03. The molecule has 0 unspecified atom stereocenters. The molecule has 0 aliphatic rings. The van der Waals surface area contributed by atoms with E-state index in [1.165, 1.54) is 24.4 Å². The van der Waals surface area contributed by atoms with Gasteiger partial charge in [-0.2, -0.15) is 10.4 Å². The van der Waals surface area contributed by atoms with Crippen LogP contribution in [0.4, 0.5) is 5.69 Å². The lowest BCUT2D eigenvalue weighted by molar-refractivity contribution is -0.384. The zero-order valence-electron chi connectivity index (χ0n) is 10.8. The number of nitriles is 1. The van der Waals surface area contributed by atoms with Crippen LogP contribution >= 0.6 is 0 Å². The van der Waals surface area contributed by atoms with Crippen molar-refractivity contribution in [1.29, 1.82) is 5.26 Å². The Morgan fingerprint density at radius 3 is 3.00 bits per heavy atom. The Bertz CT molecular complexity index is 672. The van der Waals surface area contributed by atoms with Crippen molar-refractivity contribution < 1.29 is 9.66 Å². The second-order valence-electron chi connectivity index (χ2n) is 4.09. The molecule has 1 aromatic carbocycles. The first-order valence-corrected chi connectivity index (χ1v) is 6.03. The Labute approximate surface area is 115 Å². The monoisotopic (exact) mass is 272 g/mol. The first kappa shape index (κ1) is 13.5. The molecule has 0 aliphatic heterocycles. The number of benzene rings is 1. The zero-order chi connectivity index (χ0) is 14.5. The summed E-state index contributed by atoms with van der Waals surface area (Å²) in [5.41, 5.74) is -0.0296. The lowest BCUT2D eigenvalue weighted by Gasteiger charge is -2.04. The van der Waals surface area contributed by atoms with Crippen LogP contribution in [0, 0.1) is 21.4 Å². The molecule has 0 radical (unpaired) electrons. The molecule has 0 amide bonds. The molecule has 0 saturated carbocycles. The van der Waals surface area contributed by atoms with E-state index < -0.39 is 4.92 Å². The van der Waals surface area contributed by atoms with Crippen molar-refractivity contribution in [1.82, 2.24) is 9.78 Å². The number of hydrogen-bond acceptors (Lipinski definition) is 5. The molecule has 102 valence electrons. The van der Waals surface area contributed by atoms with E-state index in [4.69, 9.17) is 10.00 Å². The van der Waals surface area contributed by atoms with Crippen LogP contribution < -0.4 is 4.74 Å². The molecule has 1 aromatic heterocycles. The molecule has 0 N–H and O–H groups in total. The van der Waals surface area contributed by atoms with Crippen molar-refractivity contribution in [2.24, 2.45) is 0 Å². The molecule has 0 aliphatic carbocycles.